The summed E-state index contributed by atoms with van der Waals surface area (Å²) >= 11 is 6.44. The predicted octanol–water partition coefficient (Wildman–Crippen LogP) is 5.56. The van der Waals surface area contributed by atoms with E-state index in [0.717, 1.165) is 0 Å². The summed E-state index contributed by atoms with van der Waals surface area (Å²) in [7, 11) is 1.48. The Hall–Kier alpha value is -3.11. The number of fused-ring (bicyclic) bond motifs is 2. The molecule has 35 heavy (non-hydrogen) atoms. The molecule has 2 heterocycles. The topological polar surface area (TPSA) is 86.8 Å². The van der Waals surface area contributed by atoms with E-state index in [1.54, 1.807) is 24.3 Å². The first-order valence-electron chi connectivity index (χ1n) is 11.3. The summed E-state index contributed by atoms with van der Waals surface area (Å²) in [6, 6.07) is 6.65. The lowest BCUT2D eigenvalue weighted by Gasteiger charge is -2.28. The van der Waals surface area contributed by atoms with Crippen molar-refractivity contribution in [3.05, 3.63) is 35.6 Å². The number of nitrogens with zero attached hydrogens (tertiary/aromatic N) is 2. The van der Waals surface area contributed by atoms with Crippen LogP contribution in [0.1, 0.15) is 26.7 Å². The molecule has 0 amide bonds. The van der Waals surface area contributed by atoms with Crippen LogP contribution in [0.25, 0.3) is 10.9 Å². The molecule has 8 nitrogen and oxygen atoms in total. The molecule has 0 bridgehead atoms. The number of halogens is 3. The summed E-state index contributed by atoms with van der Waals surface area (Å²) in [4.78, 5) is 8.69. The van der Waals surface area contributed by atoms with E-state index in [4.69, 9.17) is 30.5 Å². The SMILES string of the molecule is CCCC(Oc1cc(OCC)cc2ncnc(Nc3c(Cl)ccc4c3OCO4)c12)C(F)(F)CNC. The molecule has 0 fully saturated rings. The zero-order chi connectivity index (χ0) is 25.0. The Morgan fingerprint density at radius 3 is 2.77 bits per heavy atom. The normalized spacial score (nSPS) is 13.7. The fraction of sp³-hybridized carbons (Fsp3) is 0.417. The van der Waals surface area contributed by atoms with Crippen LogP contribution < -0.4 is 29.6 Å². The molecule has 0 radical (unpaired) electrons. The minimum atomic E-state index is -3.11. The van der Waals surface area contributed by atoms with Crippen molar-refractivity contribution < 1.29 is 27.7 Å². The molecule has 0 saturated heterocycles. The maximum atomic E-state index is 14.9. The van der Waals surface area contributed by atoms with Crippen LogP contribution in [-0.4, -0.2) is 49.0 Å². The average Bonchev–Trinajstić information content (AvgIpc) is 3.30. The minimum Gasteiger partial charge on any atom is -0.494 e. The first kappa shape index (κ1) is 25.0. The Morgan fingerprint density at radius 2 is 2.03 bits per heavy atom. The Kier molecular flexibility index (Phi) is 7.61. The Bertz CT molecular complexity index is 1200. The Balaban J connectivity index is 1.83. The maximum absolute atomic E-state index is 14.9. The van der Waals surface area contributed by atoms with Gasteiger partial charge in [-0.3, -0.25) is 0 Å². The van der Waals surface area contributed by atoms with Crippen LogP contribution in [0.5, 0.6) is 23.0 Å². The fourth-order valence-electron chi connectivity index (χ4n) is 3.87. The van der Waals surface area contributed by atoms with Gasteiger partial charge in [0.1, 0.15) is 29.3 Å². The lowest BCUT2D eigenvalue weighted by Crippen LogP contribution is -2.45. The zero-order valence-electron chi connectivity index (χ0n) is 19.7. The highest BCUT2D eigenvalue weighted by atomic mass is 35.5. The molecule has 1 aliphatic heterocycles. The molecule has 2 aromatic carbocycles. The van der Waals surface area contributed by atoms with Crippen LogP contribution in [0.4, 0.5) is 20.3 Å². The molecular formula is C24H27ClF2N4O4. The van der Waals surface area contributed by atoms with Crippen molar-refractivity contribution >= 4 is 34.0 Å². The molecule has 1 aromatic heterocycles. The highest BCUT2D eigenvalue weighted by Crippen LogP contribution is 2.46. The number of ether oxygens (including phenoxy) is 4. The van der Waals surface area contributed by atoms with Crippen molar-refractivity contribution in [1.29, 1.82) is 0 Å². The van der Waals surface area contributed by atoms with Gasteiger partial charge in [0.25, 0.3) is 5.92 Å². The summed E-state index contributed by atoms with van der Waals surface area (Å²) in [5.74, 6) is -1.23. The van der Waals surface area contributed by atoms with Crippen molar-refractivity contribution in [2.45, 2.75) is 38.7 Å². The summed E-state index contributed by atoms with van der Waals surface area (Å²) in [6.07, 6.45) is 0.638. The molecule has 1 aliphatic rings. The van der Waals surface area contributed by atoms with Gasteiger partial charge in [0.2, 0.25) is 6.79 Å². The van der Waals surface area contributed by atoms with Crippen molar-refractivity contribution in [3.8, 4) is 23.0 Å². The second-order valence-electron chi connectivity index (χ2n) is 7.94. The van der Waals surface area contributed by atoms with Crippen molar-refractivity contribution in [1.82, 2.24) is 15.3 Å². The van der Waals surface area contributed by atoms with E-state index in [9.17, 15) is 8.78 Å². The molecule has 0 spiro atoms. The number of alkyl halides is 2. The molecule has 1 unspecified atom stereocenters. The first-order valence-corrected chi connectivity index (χ1v) is 11.7. The van der Waals surface area contributed by atoms with Crippen LogP contribution >= 0.6 is 11.6 Å². The molecular weight excluding hydrogens is 482 g/mol. The second-order valence-corrected chi connectivity index (χ2v) is 8.35. The third kappa shape index (κ3) is 5.28. The quantitative estimate of drug-likeness (QED) is 0.348. The third-order valence-corrected chi connectivity index (χ3v) is 5.74. The van der Waals surface area contributed by atoms with Gasteiger partial charge in [0.05, 0.1) is 29.1 Å². The van der Waals surface area contributed by atoms with Gasteiger partial charge < -0.3 is 29.6 Å². The summed E-state index contributed by atoms with van der Waals surface area (Å²) in [5.41, 5.74) is 0.892. The molecule has 4 rings (SSSR count). The van der Waals surface area contributed by atoms with Crippen LogP contribution in [0.15, 0.2) is 30.6 Å². The van der Waals surface area contributed by atoms with Crippen LogP contribution in [0, 0.1) is 0 Å². The van der Waals surface area contributed by atoms with Crippen molar-refractivity contribution in [2.75, 3.05) is 32.3 Å². The molecule has 11 heteroatoms. The Labute approximate surface area is 206 Å². The number of benzene rings is 2. The largest absolute Gasteiger partial charge is 0.494 e. The molecule has 0 saturated carbocycles. The first-order chi connectivity index (χ1) is 16.9. The van der Waals surface area contributed by atoms with Crippen molar-refractivity contribution in [3.63, 3.8) is 0 Å². The van der Waals surface area contributed by atoms with Gasteiger partial charge in [-0.2, -0.15) is 0 Å². The van der Waals surface area contributed by atoms with Crippen molar-refractivity contribution in [2.24, 2.45) is 0 Å². The van der Waals surface area contributed by atoms with E-state index in [1.165, 1.54) is 13.4 Å². The van der Waals surface area contributed by atoms with E-state index in [1.807, 2.05) is 13.8 Å². The second kappa shape index (κ2) is 10.7. The molecule has 3 aromatic rings. The third-order valence-electron chi connectivity index (χ3n) is 5.42. The predicted molar refractivity (Wildman–Crippen MR) is 130 cm³/mol. The summed E-state index contributed by atoms with van der Waals surface area (Å²) in [5, 5.41) is 6.49. The van der Waals surface area contributed by atoms with E-state index in [-0.39, 0.29) is 19.0 Å². The summed E-state index contributed by atoms with van der Waals surface area (Å²) < 4.78 is 52.6. The smallest absolute Gasteiger partial charge is 0.296 e. The van der Waals surface area contributed by atoms with E-state index < -0.39 is 18.6 Å². The number of nitrogens with one attached hydrogen (secondary N) is 2. The van der Waals surface area contributed by atoms with Gasteiger partial charge in [0.15, 0.2) is 17.6 Å². The van der Waals surface area contributed by atoms with E-state index in [0.29, 0.717) is 57.7 Å². The monoisotopic (exact) mass is 508 g/mol. The van der Waals surface area contributed by atoms with Gasteiger partial charge in [-0.1, -0.05) is 24.9 Å². The highest BCUT2D eigenvalue weighted by molar-refractivity contribution is 6.34. The molecule has 188 valence electrons. The van der Waals surface area contributed by atoms with Crippen LogP contribution in [-0.2, 0) is 0 Å². The summed E-state index contributed by atoms with van der Waals surface area (Å²) in [6.45, 7) is 3.58. The number of hydrogen-bond acceptors (Lipinski definition) is 8. The number of hydrogen-bond donors (Lipinski definition) is 2. The van der Waals surface area contributed by atoms with Crippen LogP contribution in [0.3, 0.4) is 0 Å². The van der Waals surface area contributed by atoms with Gasteiger partial charge in [-0.05, 0) is 32.5 Å². The Morgan fingerprint density at radius 1 is 1.20 bits per heavy atom. The fourth-order valence-corrected chi connectivity index (χ4v) is 4.07. The lowest BCUT2D eigenvalue weighted by atomic mass is 10.1. The molecule has 1 atom stereocenters. The molecule has 0 aliphatic carbocycles. The van der Waals surface area contributed by atoms with E-state index in [2.05, 4.69) is 20.6 Å². The number of anilines is 2. The highest BCUT2D eigenvalue weighted by Gasteiger charge is 2.40. The van der Waals surface area contributed by atoms with Crippen LogP contribution in [0.2, 0.25) is 5.02 Å². The number of aromatic nitrogens is 2. The average molecular weight is 509 g/mol. The lowest BCUT2D eigenvalue weighted by molar-refractivity contribution is -0.0946. The van der Waals surface area contributed by atoms with Gasteiger partial charge >= 0.3 is 0 Å². The van der Waals surface area contributed by atoms with E-state index >= 15 is 0 Å². The zero-order valence-corrected chi connectivity index (χ0v) is 20.4. The number of rotatable bonds is 11. The van der Waals surface area contributed by atoms with Gasteiger partial charge in [-0.15, -0.1) is 0 Å². The molecule has 2 N–H and O–H groups in total. The minimum absolute atomic E-state index is 0.0558. The van der Waals surface area contributed by atoms with Gasteiger partial charge in [0, 0.05) is 12.1 Å². The van der Waals surface area contributed by atoms with Gasteiger partial charge in [-0.25, -0.2) is 18.7 Å². The maximum Gasteiger partial charge on any atom is 0.296 e. The standard InChI is InChI=1S/C24H27ClF2N4O4/c1-4-6-19(24(26,27)11-28-3)35-18-10-14(32-5-2)9-16-20(18)23(30-12-29-16)31-21-15(25)7-8-17-22(21)34-13-33-17/h7-10,12,19,28H,4-6,11,13H2,1-3H3,(H,29,30,31).